The average molecular weight is 302 g/mol. The molecule has 1 N–H and O–H groups in total. The van der Waals surface area contributed by atoms with Gasteiger partial charge in [-0.1, -0.05) is 44.2 Å². The Hall–Kier alpha value is -2.10. The van der Waals surface area contributed by atoms with Gasteiger partial charge in [0.2, 0.25) is 0 Å². The number of carbonyl (C=O) groups is 2. The minimum absolute atomic E-state index is 0.289. The van der Waals surface area contributed by atoms with Crippen LogP contribution < -0.4 is 0 Å². The van der Waals surface area contributed by atoms with E-state index in [-0.39, 0.29) is 11.3 Å². The molecule has 22 heavy (non-hydrogen) atoms. The molecule has 2 rings (SSSR count). The monoisotopic (exact) mass is 302 g/mol. The zero-order valence-electron chi connectivity index (χ0n) is 13.3. The Morgan fingerprint density at radius 1 is 1.41 bits per heavy atom. The summed E-state index contributed by atoms with van der Waals surface area (Å²) < 4.78 is 4.87. The molecule has 0 aliphatic heterocycles. The molecular weight excluding hydrogens is 280 g/mol. The lowest BCUT2D eigenvalue weighted by atomic mass is 9.80. The molecule has 0 heterocycles. The summed E-state index contributed by atoms with van der Waals surface area (Å²) in [5, 5.41) is 9.67. The summed E-state index contributed by atoms with van der Waals surface area (Å²) in [5.74, 6) is -1.67. The number of hydrogen-bond donors (Lipinski definition) is 1. The Bertz CT molecular complexity index is 601. The van der Waals surface area contributed by atoms with Gasteiger partial charge in [0.15, 0.2) is 0 Å². The average Bonchev–Trinajstić information content (AvgIpc) is 3.22. The molecule has 4 heteroatoms. The molecule has 0 aromatic rings. The summed E-state index contributed by atoms with van der Waals surface area (Å²) in [6.07, 6.45) is 11.6. The standard InChI is InChI=1S/C18H22O4/c1-4-7-14(17(21)22-3)12-8-5-6-9-13(12)15(16(19)20)18(2)10-11-18/h5-9,12H,4,10-11H2,1-3H3,(H,19,20)/b14-7-,15-13-. The number of rotatable bonds is 5. The van der Waals surface area contributed by atoms with Gasteiger partial charge in [-0.3, -0.25) is 0 Å². The molecule has 1 fully saturated rings. The van der Waals surface area contributed by atoms with Crippen molar-refractivity contribution in [2.75, 3.05) is 7.11 Å². The highest BCUT2D eigenvalue weighted by Gasteiger charge is 2.46. The maximum Gasteiger partial charge on any atom is 0.334 e. The van der Waals surface area contributed by atoms with Gasteiger partial charge in [-0.15, -0.1) is 0 Å². The number of carboxylic acids is 1. The van der Waals surface area contributed by atoms with Crippen molar-refractivity contribution in [3.8, 4) is 0 Å². The highest BCUT2D eigenvalue weighted by atomic mass is 16.5. The molecular formula is C18H22O4. The van der Waals surface area contributed by atoms with E-state index < -0.39 is 11.9 Å². The molecule has 0 aromatic carbocycles. The van der Waals surface area contributed by atoms with E-state index in [4.69, 9.17) is 4.74 Å². The van der Waals surface area contributed by atoms with Crippen molar-refractivity contribution in [3.05, 3.63) is 47.1 Å². The first-order valence-electron chi connectivity index (χ1n) is 7.55. The Morgan fingerprint density at radius 3 is 2.59 bits per heavy atom. The highest BCUT2D eigenvalue weighted by Crippen LogP contribution is 2.54. The van der Waals surface area contributed by atoms with Crippen molar-refractivity contribution in [3.63, 3.8) is 0 Å². The lowest BCUT2D eigenvalue weighted by Gasteiger charge is -2.24. The molecule has 118 valence electrons. The third kappa shape index (κ3) is 3.06. The molecule has 1 saturated carbocycles. The van der Waals surface area contributed by atoms with E-state index in [1.54, 1.807) is 0 Å². The predicted octanol–water partition coefficient (Wildman–Crippen LogP) is 3.42. The van der Waals surface area contributed by atoms with E-state index in [2.05, 4.69) is 0 Å². The van der Waals surface area contributed by atoms with Gasteiger partial charge in [0.25, 0.3) is 0 Å². The smallest absolute Gasteiger partial charge is 0.334 e. The number of allylic oxidation sites excluding steroid dienone is 6. The second kappa shape index (κ2) is 6.34. The lowest BCUT2D eigenvalue weighted by molar-refractivity contribution is -0.137. The van der Waals surface area contributed by atoms with Crippen LogP contribution in [0.3, 0.4) is 0 Å². The molecule has 1 unspecified atom stereocenters. The second-order valence-electron chi connectivity index (χ2n) is 5.98. The topological polar surface area (TPSA) is 63.6 Å². The van der Waals surface area contributed by atoms with Gasteiger partial charge >= 0.3 is 11.9 Å². The van der Waals surface area contributed by atoms with Gasteiger partial charge in [-0.05, 0) is 24.8 Å². The maximum absolute atomic E-state index is 12.1. The lowest BCUT2D eigenvalue weighted by Crippen LogP contribution is -2.21. The van der Waals surface area contributed by atoms with E-state index in [1.165, 1.54) is 7.11 Å². The number of carbonyl (C=O) groups excluding carboxylic acids is 1. The van der Waals surface area contributed by atoms with Crippen molar-refractivity contribution in [1.29, 1.82) is 0 Å². The Balaban J connectivity index is 2.55. The fourth-order valence-electron chi connectivity index (χ4n) is 2.89. The summed E-state index contributed by atoms with van der Waals surface area (Å²) in [6.45, 7) is 3.91. The molecule has 2 aliphatic carbocycles. The van der Waals surface area contributed by atoms with Gasteiger partial charge in [0, 0.05) is 22.5 Å². The molecule has 0 saturated heterocycles. The van der Waals surface area contributed by atoms with Gasteiger partial charge in [-0.2, -0.15) is 0 Å². The molecule has 4 nitrogen and oxygen atoms in total. The quantitative estimate of drug-likeness (QED) is 0.624. The zero-order chi connectivity index (χ0) is 16.3. The Morgan fingerprint density at radius 2 is 2.09 bits per heavy atom. The van der Waals surface area contributed by atoms with Crippen LogP contribution in [0.1, 0.15) is 33.1 Å². The van der Waals surface area contributed by atoms with Crippen LogP contribution in [0, 0.1) is 11.3 Å². The van der Waals surface area contributed by atoms with Crippen LogP contribution in [0.5, 0.6) is 0 Å². The number of carboxylic acid groups (broad SMARTS) is 1. The first kappa shape index (κ1) is 16.3. The summed E-state index contributed by atoms with van der Waals surface area (Å²) in [7, 11) is 1.35. The van der Waals surface area contributed by atoms with Gasteiger partial charge in [0.1, 0.15) is 0 Å². The zero-order valence-corrected chi connectivity index (χ0v) is 13.3. The summed E-state index contributed by atoms with van der Waals surface area (Å²) >= 11 is 0. The van der Waals surface area contributed by atoms with E-state index >= 15 is 0 Å². The van der Waals surface area contributed by atoms with Crippen LogP contribution in [-0.2, 0) is 14.3 Å². The minimum atomic E-state index is -0.902. The van der Waals surface area contributed by atoms with Crippen molar-refractivity contribution in [2.45, 2.75) is 33.1 Å². The predicted molar refractivity (Wildman–Crippen MR) is 84.2 cm³/mol. The fourth-order valence-corrected chi connectivity index (χ4v) is 2.89. The van der Waals surface area contributed by atoms with Gasteiger partial charge < -0.3 is 9.84 Å². The van der Waals surface area contributed by atoms with Gasteiger partial charge in [-0.25, -0.2) is 9.59 Å². The molecule has 0 amide bonds. The molecule has 0 spiro atoms. The Kier molecular flexibility index (Phi) is 4.69. The first-order valence-corrected chi connectivity index (χ1v) is 7.55. The maximum atomic E-state index is 12.1. The van der Waals surface area contributed by atoms with E-state index in [0.717, 1.165) is 12.8 Å². The fraction of sp³-hybridized carbons (Fsp3) is 0.444. The number of ether oxygens (including phenoxy) is 1. The third-order valence-electron chi connectivity index (χ3n) is 4.31. The number of esters is 1. The van der Waals surface area contributed by atoms with Gasteiger partial charge in [0.05, 0.1) is 7.11 Å². The van der Waals surface area contributed by atoms with Crippen molar-refractivity contribution in [2.24, 2.45) is 11.3 Å². The first-order chi connectivity index (χ1) is 10.4. The minimum Gasteiger partial charge on any atom is -0.478 e. The normalized spacial score (nSPS) is 24.9. The third-order valence-corrected chi connectivity index (χ3v) is 4.31. The summed E-state index contributed by atoms with van der Waals surface area (Å²) in [5.41, 5.74) is 1.33. The SMILES string of the molecule is CC/C=C(\C(=O)OC)C1C=CC=C/C1=C(\C(=O)O)C1(C)CC1. The van der Waals surface area contributed by atoms with E-state index in [0.29, 0.717) is 23.1 Å². The molecule has 0 radical (unpaired) electrons. The second-order valence-corrected chi connectivity index (χ2v) is 5.98. The molecule has 1 atom stereocenters. The summed E-state index contributed by atoms with van der Waals surface area (Å²) in [4.78, 5) is 23.9. The number of hydrogen-bond acceptors (Lipinski definition) is 3. The molecule has 2 aliphatic rings. The van der Waals surface area contributed by atoms with E-state index in [1.807, 2.05) is 44.2 Å². The van der Waals surface area contributed by atoms with Crippen LogP contribution in [0.25, 0.3) is 0 Å². The van der Waals surface area contributed by atoms with E-state index in [9.17, 15) is 14.7 Å². The van der Waals surface area contributed by atoms with Crippen molar-refractivity contribution >= 4 is 11.9 Å². The van der Waals surface area contributed by atoms with Crippen molar-refractivity contribution < 1.29 is 19.4 Å². The summed E-state index contributed by atoms with van der Waals surface area (Å²) in [6, 6.07) is 0. The van der Waals surface area contributed by atoms with Crippen molar-refractivity contribution in [1.82, 2.24) is 0 Å². The van der Waals surface area contributed by atoms with Crippen LogP contribution in [0.4, 0.5) is 0 Å². The Labute approximate surface area is 130 Å². The van der Waals surface area contributed by atoms with Crippen LogP contribution >= 0.6 is 0 Å². The number of aliphatic carboxylic acids is 1. The molecule has 0 bridgehead atoms. The number of methoxy groups -OCH3 is 1. The highest BCUT2D eigenvalue weighted by molar-refractivity contribution is 5.94. The molecule has 0 aromatic heterocycles. The van der Waals surface area contributed by atoms with Crippen LogP contribution in [0.2, 0.25) is 0 Å². The van der Waals surface area contributed by atoms with Crippen LogP contribution in [-0.4, -0.2) is 24.2 Å². The van der Waals surface area contributed by atoms with Crippen LogP contribution in [0.15, 0.2) is 47.1 Å². The largest absolute Gasteiger partial charge is 0.478 e.